The Morgan fingerprint density at radius 2 is 1.69 bits per heavy atom. The molecule has 3 atom stereocenters. The number of carboxylic acid groups (broad SMARTS) is 1. The van der Waals surface area contributed by atoms with Gasteiger partial charge < -0.3 is 24.8 Å². The van der Waals surface area contributed by atoms with Gasteiger partial charge in [0.15, 0.2) is 0 Å². The highest BCUT2D eigenvalue weighted by atomic mass is 16.5. The first kappa shape index (κ1) is 23.4. The second kappa shape index (κ2) is 10.1. The Kier molecular flexibility index (Phi) is 6.72. The number of rotatable bonds is 6. The number of carbonyl (C=O) groups is 3. The van der Waals surface area contributed by atoms with Crippen molar-refractivity contribution >= 4 is 18.0 Å². The third kappa shape index (κ3) is 4.62. The van der Waals surface area contributed by atoms with Crippen LogP contribution in [0.25, 0.3) is 11.1 Å². The average molecular weight is 479 g/mol. The highest BCUT2D eigenvalue weighted by Gasteiger charge is 2.41. The molecule has 3 aliphatic rings. The van der Waals surface area contributed by atoms with Gasteiger partial charge in [0, 0.05) is 31.5 Å². The van der Waals surface area contributed by atoms with Gasteiger partial charge >= 0.3 is 12.1 Å². The number of hydrogen-bond donors (Lipinski definition) is 2. The van der Waals surface area contributed by atoms with Crippen molar-refractivity contribution in [2.45, 2.75) is 43.7 Å². The molecule has 0 radical (unpaired) electrons. The van der Waals surface area contributed by atoms with Crippen molar-refractivity contribution in [2.24, 2.45) is 5.92 Å². The summed E-state index contributed by atoms with van der Waals surface area (Å²) >= 11 is 0. The number of nitrogens with one attached hydrogen (secondary N) is 1. The van der Waals surface area contributed by atoms with Crippen molar-refractivity contribution in [3.05, 3.63) is 59.7 Å². The van der Waals surface area contributed by atoms with Crippen LogP contribution in [-0.4, -0.2) is 66.4 Å². The van der Waals surface area contributed by atoms with Crippen LogP contribution in [0.15, 0.2) is 48.5 Å². The van der Waals surface area contributed by atoms with Crippen LogP contribution in [0.1, 0.15) is 42.7 Å². The predicted octanol–water partition coefficient (Wildman–Crippen LogP) is 3.40. The van der Waals surface area contributed by atoms with Gasteiger partial charge in [-0.05, 0) is 47.9 Å². The number of carboxylic acids is 1. The number of ether oxygens (including phenoxy) is 2. The Morgan fingerprint density at radius 1 is 1.00 bits per heavy atom. The van der Waals surface area contributed by atoms with Gasteiger partial charge in [0.25, 0.3) is 5.91 Å². The van der Waals surface area contributed by atoms with Crippen LogP contribution in [0.4, 0.5) is 4.79 Å². The van der Waals surface area contributed by atoms with Crippen LogP contribution < -0.4 is 5.32 Å². The third-order valence-corrected chi connectivity index (χ3v) is 7.38. The van der Waals surface area contributed by atoms with Crippen molar-refractivity contribution in [3.8, 4) is 11.1 Å². The van der Waals surface area contributed by atoms with Crippen LogP contribution in [0.5, 0.6) is 0 Å². The monoisotopic (exact) mass is 478 g/mol. The zero-order valence-electron chi connectivity index (χ0n) is 19.5. The molecule has 2 amide bonds. The number of amides is 2. The molecule has 8 heteroatoms. The van der Waals surface area contributed by atoms with Crippen LogP contribution >= 0.6 is 0 Å². The maximum absolute atomic E-state index is 13.1. The maximum atomic E-state index is 13.1. The Bertz CT molecular complexity index is 1070. The highest BCUT2D eigenvalue weighted by Crippen LogP contribution is 2.44. The van der Waals surface area contributed by atoms with Crippen molar-refractivity contribution in [1.82, 2.24) is 10.2 Å². The van der Waals surface area contributed by atoms with E-state index in [1.165, 1.54) is 16.0 Å². The number of benzene rings is 2. The third-order valence-electron chi connectivity index (χ3n) is 7.38. The van der Waals surface area contributed by atoms with Gasteiger partial charge in [-0.15, -0.1) is 0 Å². The van der Waals surface area contributed by atoms with E-state index in [4.69, 9.17) is 9.47 Å². The van der Waals surface area contributed by atoms with Crippen LogP contribution in [0, 0.1) is 5.92 Å². The molecule has 2 aromatic rings. The molecular formula is C27H30N2O6. The molecule has 2 heterocycles. The van der Waals surface area contributed by atoms with E-state index in [1.54, 1.807) is 0 Å². The van der Waals surface area contributed by atoms with E-state index in [2.05, 4.69) is 29.6 Å². The summed E-state index contributed by atoms with van der Waals surface area (Å²) < 4.78 is 11.3. The average Bonchev–Trinajstić information content (AvgIpc) is 3.48. The predicted molar refractivity (Wildman–Crippen MR) is 128 cm³/mol. The SMILES string of the molecule is O=C(NC[C@@H]1CCO[C@@H]1C(=O)N1CCCC[C@H]1C(=O)O)OCC1c2ccccc2-c2ccccc21. The first-order valence-electron chi connectivity index (χ1n) is 12.3. The fourth-order valence-corrected chi connectivity index (χ4v) is 5.60. The molecule has 5 rings (SSSR count). The van der Waals surface area contributed by atoms with Crippen molar-refractivity contribution in [2.75, 3.05) is 26.3 Å². The van der Waals surface area contributed by atoms with Gasteiger partial charge in [-0.3, -0.25) is 4.79 Å². The summed E-state index contributed by atoms with van der Waals surface area (Å²) in [7, 11) is 0. The summed E-state index contributed by atoms with van der Waals surface area (Å²) in [4.78, 5) is 38.7. The van der Waals surface area contributed by atoms with Crippen molar-refractivity contribution in [1.29, 1.82) is 0 Å². The molecule has 2 saturated heterocycles. The van der Waals surface area contributed by atoms with Crippen LogP contribution in [0.2, 0.25) is 0 Å². The number of hydrogen-bond acceptors (Lipinski definition) is 5. The summed E-state index contributed by atoms with van der Waals surface area (Å²) in [6.45, 7) is 1.28. The van der Waals surface area contributed by atoms with E-state index in [0.717, 1.165) is 24.0 Å². The van der Waals surface area contributed by atoms with E-state index in [9.17, 15) is 19.5 Å². The minimum Gasteiger partial charge on any atom is -0.480 e. The van der Waals surface area contributed by atoms with Gasteiger partial charge in [-0.25, -0.2) is 9.59 Å². The quantitative estimate of drug-likeness (QED) is 0.659. The molecule has 0 spiro atoms. The fraction of sp³-hybridized carbons (Fsp3) is 0.444. The Balaban J connectivity index is 1.17. The van der Waals surface area contributed by atoms with Gasteiger partial charge in [-0.2, -0.15) is 0 Å². The first-order chi connectivity index (χ1) is 17.0. The minimum absolute atomic E-state index is 0.0238. The van der Waals surface area contributed by atoms with Gasteiger partial charge in [0.05, 0.1) is 0 Å². The molecule has 0 unspecified atom stereocenters. The number of nitrogens with zero attached hydrogens (tertiary/aromatic N) is 1. The largest absolute Gasteiger partial charge is 0.480 e. The standard InChI is InChI=1S/C27H30N2O6/c30-25(29-13-6-5-11-23(29)26(31)32)24-17(12-14-34-24)15-28-27(33)35-16-22-20-9-3-1-7-18(20)19-8-2-4-10-21(19)22/h1-4,7-10,17,22-24H,5-6,11-16H2,(H,28,33)(H,31,32)/t17-,23-,24-/m0/s1. The summed E-state index contributed by atoms with van der Waals surface area (Å²) in [6.07, 6.45) is 1.36. The molecule has 0 saturated carbocycles. The normalized spacial score (nSPS) is 23.4. The van der Waals surface area contributed by atoms with Crippen LogP contribution in [-0.2, 0) is 19.1 Å². The fourth-order valence-electron chi connectivity index (χ4n) is 5.60. The Labute approximate surface area is 204 Å². The second-order valence-corrected chi connectivity index (χ2v) is 9.43. The van der Waals surface area contributed by atoms with E-state index in [-0.39, 0.29) is 30.9 Å². The van der Waals surface area contributed by atoms with E-state index in [1.807, 2.05) is 24.3 Å². The van der Waals surface area contributed by atoms with E-state index < -0.39 is 24.2 Å². The smallest absolute Gasteiger partial charge is 0.407 e. The summed E-state index contributed by atoms with van der Waals surface area (Å²) in [5.74, 6) is -1.53. The molecule has 184 valence electrons. The topological polar surface area (TPSA) is 105 Å². The zero-order valence-corrected chi connectivity index (χ0v) is 19.5. The Hall–Kier alpha value is -3.39. The minimum atomic E-state index is -0.982. The van der Waals surface area contributed by atoms with E-state index >= 15 is 0 Å². The lowest BCUT2D eigenvalue weighted by molar-refractivity contribution is -0.157. The van der Waals surface area contributed by atoms with Crippen molar-refractivity contribution in [3.63, 3.8) is 0 Å². The highest BCUT2D eigenvalue weighted by molar-refractivity contribution is 5.87. The molecule has 8 nitrogen and oxygen atoms in total. The number of piperidine rings is 1. The number of carbonyl (C=O) groups excluding carboxylic acids is 2. The second-order valence-electron chi connectivity index (χ2n) is 9.43. The summed E-state index contributed by atoms with van der Waals surface area (Å²) in [5, 5.41) is 12.3. The van der Waals surface area contributed by atoms with Crippen molar-refractivity contribution < 1.29 is 29.0 Å². The summed E-state index contributed by atoms with van der Waals surface area (Å²) in [6, 6.07) is 15.5. The molecular weight excluding hydrogens is 448 g/mol. The molecule has 2 aromatic carbocycles. The number of likely N-dealkylation sites (tertiary alicyclic amines) is 1. The zero-order chi connectivity index (χ0) is 24.4. The number of fused-ring (bicyclic) bond motifs is 3. The summed E-state index contributed by atoms with van der Waals surface area (Å²) in [5.41, 5.74) is 4.62. The maximum Gasteiger partial charge on any atom is 0.407 e. The lowest BCUT2D eigenvalue weighted by Gasteiger charge is -2.35. The Morgan fingerprint density at radius 3 is 2.37 bits per heavy atom. The molecule has 2 aliphatic heterocycles. The molecule has 1 aliphatic carbocycles. The van der Waals surface area contributed by atoms with Crippen LogP contribution in [0.3, 0.4) is 0 Å². The lowest BCUT2D eigenvalue weighted by Crippen LogP contribution is -2.53. The molecule has 0 aromatic heterocycles. The number of aliphatic carboxylic acids is 1. The molecule has 0 bridgehead atoms. The molecule has 2 N–H and O–H groups in total. The van der Waals surface area contributed by atoms with Gasteiger partial charge in [-0.1, -0.05) is 48.5 Å². The first-order valence-corrected chi connectivity index (χ1v) is 12.3. The van der Waals surface area contributed by atoms with Gasteiger partial charge in [0.1, 0.15) is 18.8 Å². The molecule has 2 fully saturated rings. The van der Waals surface area contributed by atoms with Gasteiger partial charge in [0.2, 0.25) is 0 Å². The van der Waals surface area contributed by atoms with E-state index in [0.29, 0.717) is 26.0 Å². The molecule has 35 heavy (non-hydrogen) atoms. The lowest BCUT2D eigenvalue weighted by atomic mass is 9.96. The number of alkyl carbamates (subject to hydrolysis) is 1.